The second-order valence-corrected chi connectivity index (χ2v) is 2.24. The molecule has 2 N–H and O–H groups in total. The highest BCUT2D eigenvalue weighted by molar-refractivity contribution is 6.13. The maximum absolute atomic E-state index is 10.2. The molecular weight excluding hydrogens is 173 g/mol. The van der Waals surface area contributed by atoms with Crippen LogP contribution in [-0.4, -0.2) is 22.7 Å². The molecule has 0 unspecified atom stereocenters. The molecule has 70 valence electrons. The minimum Gasteiger partial charge on any atom is -0.430 e. The Morgan fingerprint density at radius 1 is 1.46 bits per heavy atom. The van der Waals surface area contributed by atoms with E-state index >= 15 is 0 Å². The van der Waals surface area contributed by atoms with Crippen molar-refractivity contribution in [2.45, 2.75) is 6.92 Å². The van der Waals surface area contributed by atoms with Crippen molar-refractivity contribution in [3.63, 3.8) is 0 Å². The van der Waals surface area contributed by atoms with Crippen LogP contribution in [0.2, 0.25) is 0 Å². The molecule has 0 atom stereocenters. The Balaban J connectivity index is 0.000000424. The molecule has 0 aliphatic heterocycles. The number of aryl methyl sites for hydroxylation is 1. The maximum atomic E-state index is 10.2. The smallest absolute Gasteiger partial charge is 0.430 e. The fourth-order valence-electron chi connectivity index (χ4n) is 0.742. The topological polar surface area (TPSA) is 83.6 Å². The minimum absolute atomic E-state index is 0.153. The molecular formula is C7H10BNO4. The summed E-state index contributed by atoms with van der Waals surface area (Å²) in [6.07, 6.45) is 0. The molecule has 1 aromatic carbocycles. The predicted octanol–water partition coefficient (Wildman–Crippen LogP) is 0.141. The fraction of sp³-hybridized carbons (Fsp3) is 0.143. The summed E-state index contributed by atoms with van der Waals surface area (Å²) in [5.74, 6) is 0. The zero-order valence-electron chi connectivity index (χ0n) is 7.17. The Morgan fingerprint density at radius 2 is 2.00 bits per heavy atom. The molecule has 6 heteroatoms. The van der Waals surface area contributed by atoms with E-state index in [0.29, 0.717) is 0 Å². The standard InChI is InChI=1S/C7H7NO2.BH3O2/c1-6-3-2-4-7(5-6)8(9)10;2-1-3/h2-5H,1H3;1-3H. The zero-order chi connectivity index (χ0) is 10.3. The van der Waals surface area contributed by atoms with Gasteiger partial charge in [0.15, 0.2) is 0 Å². The molecule has 0 aromatic heterocycles. The highest BCUT2D eigenvalue weighted by Crippen LogP contribution is 2.11. The lowest BCUT2D eigenvalue weighted by Crippen LogP contribution is -1.86. The van der Waals surface area contributed by atoms with Crippen LogP contribution in [0, 0.1) is 17.0 Å². The first kappa shape index (κ1) is 11.6. The predicted molar refractivity (Wildman–Crippen MR) is 49.4 cm³/mol. The van der Waals surface area contributed by atoms with Crippen molar-refractivity contribution in [2.75, 3.05) is 0 Å². The van der Waals surface area contributed by atoms with Crippen LogP contribution in [0.25, 0.3) is 0 Å². The van der Waals surface area contributed by atoms with Crippen LogP contribution < -0.4 is 0 Å². The average molecular weight is 183 g/mol. The molecule has 5 nitrogen and oxygen atoms in total. The van der Waals surface area contributed by atoms with Crippen molar-refractivity contribution in [3.05, 3.63) is 39.9 Å². The first-order valence-electron chi connectivity index (χ1n) is 3.54. The van der Waals surface area contributed by atoms with Gasteiger partial charge in [-0.15, -0.1) is 0 Å². The van der Waals surface area contributed by atoms with E-state index in [1.54, 1.807) is 12.1 Å². The number of nitro benzene ring substituents is 1. The summed E-state index contributed by atoms with van der Waals surface area (Å²) >= 11 is 0. The normalized spacial score (nSPS) is 8.23. The van der Waals surface area contributed by atoms with Crippen LogP contribution in [0.15, 0.2) is 24.3 Å². The van der Waals surface area contributed by atoms with E-state index in [-0.39, 0.29) is 5.69 Å². The van der Waals surface area contributed by atoms with Gasteiger partial charge in [-0.25, -0.2) is 0 Å². The molecule has 0 aliphatic carbocycles. The van der Waals surface area contributed by atoms with Crippen LogP contribution in [0.5, 0.6) is 0 Å². The Kier molecular flexibility index (Phi) is 5.50. The first-order valence-corrected chi connectivity index (χ1v) is 3.54. The van der Waals surface area contributed by atoms with Gasteiger partial charge in [0.25, 0.3) is 5.69 Å². The van der Waals surface area contributed by atoms with E-state index in [1.807, 2.05) is 13.0 Å². The van der Waals surface area contributed by atoms with Crippen molar-refractivity contribution >= 4 is 13.4 Å². The Morgan fingerprint density at radius 3 is 2.31 bits per heavy atom. The van der Waals surface area contributed by atoms with Gasteiger partial charge in [0.2, 0.25) is 0 Å². The zero-order valence-corrected chi connectivity index (χ0v) is 7.17. The van der Waals surface area contributed by atoms with Gasteiger partial charge in [0, 0.05) is 12.1 Å². The lowest BCUT2D eigenvalue weighted by Gasteiger charge is -1.90. The molecule has 0 saturated heterocycles. The summed E-state index contributed by atoms with van der Waals surface area (Å²) in [6.45, 7) is 1.83. The third-order valence-electron chi connectivity index (χ3n) is 1.21. The monoisotopic (exact) mass is 183 g/mol. The van der Waals surface area contributed by atoms with Crippen molar-refractivity contribution in [2.24, 2.45) is 0 Å². The molecule has 1 rings (SSSR count). The third-order valence-corrected chi connectivity index (χ3v) is 1.21. The molecule has 1 aromatic rings. The molecule has 0 saturated carbocycles. The van der Waals surface area contributed by atoms with Crippen LogP contribution in [0.3, 0.4) is 0 Å². The number of rotatable bonds is 1. The van der Waals surface area contributed by atoms with Crippen LogP contribution in [0.4, 0.5) is 5.69 Å². The van der Waals surface area contributed by atoms with E-state index < -0.39 is 12.6 Å². The van der Waals surface area contributed by atoms with Gasteiger partial charge in [0.1, 0.15) is 0 Å². The number of hydrogen-bond acceptors (Lipinski definition) is 4. The first-order chi connectivity index (χ1) is 6.11. The van der Waals surface area contributed by atoms with Crippen molar-refractivity contribution in [1.29, 1.82) is 0 Å². The fourth-order valence-corrected chi connectivity index (χ4v) is 0.742. The van der Waals surface area contributed by atoms with Gasteiger partial charge in [-0.05, 0) is 12.5 Å². The quantitative estimate of drug-likeness (QED) is 0.368. The van der Waals surface area contributed by atoms with E-state index in [1.165, 1.54) is 6.07 Å². The Bertz CT molecular complexity index is 279. The summed E-state index contributed by atoms with van der Waals surface area (Å²) in [5, 5.41) is 24.4. The number of nitrogens with zero attached hydrogens (tertiary/aromatic N) is 1. The van der Waals surface area contributed by atoms with Crippen LogP contribution in [0.1, 0.15) is 5.56 Å². The number of hydrogen-bond donors (Lipinski definition) is 2. The third kappa shape index (κ3) is 4.94. The molecule has 0 radical (unpaired) electrons. The summed E-state index contributed by atoms with van der Waals surface area (Å²) in [5.41, 5.74) is 1.06. The number of benzene rings is 1. The highest BCUT2D eigenvalue weighted by atomic mass is 16.6. The number of nitro groups is 1. The van der Waals surface area contributed by atoms with Crippen molar-refractivity contribution in [1.82, 2.24) is 0 Å². The van der Waals surface area contributed by atoms with Crippen molar-refractivity contribution in [3.8, 4) is 0 Å². The van der Waals surface area contributed by atoms with Gasteiger partial charge in [-0.1, -0.05) is 12.1 Å². The van der Waals surface area contributed by atoms with E-state index in [0.717, 1.165) is 5.56 Å². The van der Waals surface area contributed by atoms with Gasteiger partial charge in [-0.3, -0.25) is 10.1 Å². The largest absolute Gasteiger partial charge is 0.432 e. The van der Waals surface area contributed by atoms with E-state index in [9.17, 15) is 10.1 Å². The average Bonchev–Trinajstić information content (AvgIpc) is 2.05. The Hall–Kier alpha value is -1.40. The second-order valence-electron chi connectivity index (χ2n) is 2.24. The van der Waals surface area contributed by atoms with Gasteiger partial charge in [0.05, 0.1) is 4.92 Å². The molecule has 0 bridgehead atoms. The minimum atomic E-state index is -0.750. The number of non-ortho nitro benzene ring substituents is 1. The maximum Gasteiger partial charge on any atom is 0.432 e. The van der Waals surface area contributed by atoms with Crippen LogP contribution in [-0.2, 0) is 0 Å². The van der Waals surface area contributed by atoms with Gasteiger partial charge in [-0.2, -0.15) is 0 Å². The molecule has 0 amide bonds. The summed E-state index contributed by atoms with van der Waals surface area (Å²) in [7, 11) is -0.750. The molecule has 0 fully saturated rings. The second kappa shape index (κ2) is 6.16. The lowest BCUT2D eigenvalue weighted by molar-refractivity contribution is -0.384. The summed E-state index contributed by atoms with van der Waals surface area (Å²) in [6, 6.07) is 6.52. The summed E-state index contributed by atoms with van der Waals surface area (Å²) < 4.78 is 0. The SMILES string of the molecule is Cc1cccc([N+](=O)[O-])c1.OBO. The molecule has 0 spiro atoms. The van der Waals surface area contributed by atoms with E-state index in [2.05, 4.69) is 0 Å². The van der Waals surface area contributed by atoms with Gasteiger partial charge >= 0.3 is 7.69 Å². The molecule has 0 aliphatic rings. The van der Waals surface area contributed by atoms with Crippen LogP contribution >= 0.6 is 0 Å². The van der Waals surface area contributed by atoms with E-state index in [4.69, 9.17) is 10.0 Å². The van der Waals surface area contributed by atoms with Gasteiger partial charge < -0.3 is 10.0 Å². The van der Waals surface area contributed by atoms with Crippen molar-refractivity contribution < 1.29 is 15.0 Å². The summed E-state index contributed by atoms with van der Waals surface area (Å²) in [4.78, 5) is 9.76. The lowest BCUT2D eigenvalue weighted by atomic mass is 10.2. The highest BCUT2D eigenvalue weighted by Gasteiger charge is 2.01. The molecule has 0 heterocycles. The molecule has 13 heavy (non-hydrogen) atoms. The Labute approximate surface area is 76.1 Å².